The fourth-order valence-electron chi connectivity index (χ4n) is 2.23. The third-order valence-corrected chi connectivity index (χ3v) is 4.41. The highest BCUT2D eigenvalue weighted by atomic mass is 35.5. The average Bonchev–Trinajstić information content (AvgIpc) is 2.65. The van der Waals surface area contributed by atoms with Gasteiger partial charge in [-0.05, 0) is 30.9 Å². The summed E-state index contributed by atoms with van der Waals surface area (Å²) in [6, 6.07) is 4.24. The van der Waals surface area contributed by atoms with Crippen molar-refractivity contribution in [2.45, 2.75) is 38.1 Å². The maximum Gasteiger partial charge on any atom is 0.0931 e. The van der Waals surface area contributed by atoms with Gasteiger partial charge < -0.3 is 5.73 Å². The predicted octanol–water partition coefficient (Wildman–Crippen LogP) is 3.98. The van der Waals surface area contributed by atoms with Gasteiger partial charge in [0, 0.05) is 10.9 Å². The molecule has 2 rings (SSSR count). The van der Waals surface area contributed by atoms with Crippen LogP contribution < -0.4 is 5.73 Å². The molecule has 0 radical (unpaired) electrons. The molecule has 1 fully saturated rings. The zero-order valence-corrected chi connectivity index (χ0v) is 9.78. The summed E-state index contributed by atoms with van der Waals surface area (Å²) in [6.07, 6.45) is 6.65. The van der Waals surface area contributed by atoms with Crippen LogP contribution in [0, 0.1) is 5.92 Å². The second-order valence-corrected chi connectivity index (χ2v) is 5.81. The molecule has 1 aromatic rings. The lowest BCUT2D eigenvalue weighted by Crippen LogP contribution is -2.22. The third kappa shape index (κ3) is 2.30. The summed E-state index contributed by atoms with van der Waals surface area (Å²) < 4.78 is 0.853. The van der Waals surface area contributed by atoms with E-state index < -0.39 is 0 Å². The fourth-order valence-corrected chi connectivity index (χ4v) is 3.39. The molecule has 1 saturated carbocycles. The SMILES string of the molecule is NC(c1ccc(Cl)s1)C1CCCCC1. The Kier molecular flexibility index (Phi) is 3.47. The lowest BCUT2D eigenvalue weighted by molar-refractivity contribution is 0.311. The molecule has 1 aliphatic carbocycles. The number of thiophene rings is 1. The van der Waals surface area contributed by atoms with Crippen molar-refractivity contribution < 1.29 is 0 Å². The molecular formula is C11H16ClNS. The van der Waals surface area contributed by atoms with E-state index in [0.29, 0.717) is 5.92 Å². The predicted molar refractivity (Wildman–Crippen MR) is 62.8 cm³/mol. The summed E-state index contributed by atoms with van der Waals surface area (Å²) in [6.45, 7) is 0. The van der Waals surface area contributed by atoms with Gasteiger partial charge in [-0.15, -0.1) is 11.3 Å². The normalized spacial score (nSPS) is 21.0. The first kappa shape index (κ1) is 10.5. The second-order valence-electron chi connectivity index (χ2n) is 4.07. The van der Waals surface area contributed by atoms with Crippen molar-refractivity contribution in [3.8, 4) is 0 Å². The van der Waals surface area contributed by atoms with Gasteiger partial charge in [0.2, 0.25) is 0 Å². The number of hydrogen-bond donors (Lipinski definition) is 1. The number of hydrogen-bond acceptors (Lipinski definition) is 2. The Morgan fingerprint density at radius 3 is 2.57 bits per heavy atom. The molecule has 0 saturated heterocycles. The van der Waals surface area contributed by atoms with Gasteiger partial charge in [-0.3, -0.25) is 0 Å². The van der Waals surface area contributed by atoms with E-state index in [-0.39, 0.29) is 6.04 Å². The van der Waals surface area contributed by atoms with E-state index in [4.69, 9.17) is 17.3 Å². The molecular weight excluding hydrogens is 214 g/mol. The Hall–Kier alpha value is -0.0500. The summed E-state index contributed by atoms with van der Waals surface area (Å²) in [4.78, 5) is 1.25. The van der Waals surface area contributed by atoms with Gasteiger partial charge in [0.25, 0.3) is 0 Å². The minimum Gasteiger partial charge on any atom is -0.323 e. The highest BCUT2D eigenvalue weighted by Crippen LogP contribution is 2.36. The Bertz CT molecular complexity index is 291. The second kappa shape index (κ2) is 4.65. The molecule has 1 unspecified atom stereocenters. The molecule has 1 nitrogen and oxygen atoms in total. The van der Waals surface area contributed by atoms with Crippen LogP contribution in [0.1, 0.15) is 43.0 Å². The fraction of sp³-hybridized carbons (Fsp3) is 0.636. The quantitative estimate of drug-likeness (QED) is 0.816. The summed E-state index contributed by atoms with van der Waals surface area (Å²) in [7, 11) is 0. The molecule has 0 amide bonds. The van der Waals surface area contributed by atoms with Crippen LogP contribution in [0.3, 0.4) is 0 Å². The first-order valence-corrected chi connectivity index (χ1v) is 6.47. The molecule has 0 bridgehead atoms. The number of halogens is 1. The first-order chi connectivity index (χ1) is 6.77. The molecule has 1 atom stereocenters. The Labute approximate surface area is 94.3 Å². The van der Waals surface area contributed by atoms with Crippen molar-refractivity contribution in [3.05, 3.63) is 21.3 Å². The van der Waals surface area contributed by atoms with Crippen molar-refractivity contribution >= 4 is 22.9 Å². The molecule has 1 heterocycles. The van der Waals surface area contributed by atoms with Crippen LogP contribution in [0.4, 0.5) is 0 Å². The maximum absolute atomic E-state index is 6.23. The van der Waals surface area contributed by atoms with Crippen LogP contribution in [-0.4, -0.2) is 0 Å². The Morgan fingerprint density at radius 2 is 2.00 bits per heavy atom. The summed E-state index contributed by atoms with van der Waals surface area (Å²) in [5.74, 6) is 0.679. The molecule has 1 aromatic heterocycles. The van der Waals surface area contributed by atoms with Crippen LogP contribution in [0.2, 0.25) is 4.34 Å². The van der Waals surface area contributed by atoms with Gasteiger partial charge in [0.1, 0.15) is 0 Å². The van der Waals surface area contributed by atoms with Crippen LogP contribution in [-0.2, 0) is 0 Å². The van der Waals surface area contributed by atoms with Gasteiger partial charge in [-0.2, -0.15) is 0 Å². The molecule has 3 heteroatoms. The van der Waals surface area contributed by atoms with Gasteiger partial charge >= 0.3 is 0 Å². The van der Waals surface area contributed by atoms with E-state index >= 15 is 0 Å². The Morgan fingerprint density at radius 1 is 1.29 bits per heavy atom. The lowest BCUT2D eigenvalue weighted by Gasteiger charge is -2.26. The molecule has 2 N–H and O–H groups in total. The van der Waals surface area contributed by atoms with Gasteiger partial charge in [0.15, 0.2) is 0 Å². The Balaban J connectivity index is 2.03. The molecule has 0 aromatic carbocycles. The summed E-state index contributed by atoms with van der Waals surface area (Å²) in [5, 5.41) is 0. The van der Waals surface area contributed by atoms with Crippen LogP contribution in [0.25, 0.3) is 0 Å². The van der Waals surface area contributed by atoms with Gasteiger partial charge in [0.05, 0.1) is 4.34 Å². The minimum absolute atomic E-state index is 0.216. The van der Waals surface area contributed by atoms with Crippen molar-refractivity contribution in [1.29, 1.82) is 0 Å². The van der Waals surface area contributed by atoms with E-state index in [1.54, 1.807) is 11.3 Å². The number of nitrogens with two attached hydrogens (primary N) is 1. The highest BCUT2D eigenvalue weighted by molar-refractivity contribution is 7.16. The van der Waals surface area contributed by atoms with Crippen LogP contribution in [0.15, 0.2) is 12.1 Å². The molecule has 0 aliphatic heterocycles. The van der Waals surface area contributed by atoms with Crippen molar-refractivity contribution in [2.24, 2.45) is 11.7 Å². The molecule has 0 spiro atoms. The van der Waals surface area contributed by atoms with E-state index in [1.807, 2.05) is 6.07 Å². The minimum atomic E-state index is 0.216. The van der Waals surface area contributed by atoms with E-state index in [9.17, 15) is 0 Å². The monoisotopic (exact) mass is 229 g/mol. The molecule has 78 valence electrons. The van der Waals surface area contributed by atoms with E-state index in [1.165, 1.54) is 37.0 Å². The lowest BCUT2D eigenvalue weighted by atomic mass is 9.84. The zero-order valence-electron chi connectivity index (χ0n) is 8.21. The van der Waals surface area contributed by atoms with E-state index in [0.717, 1.165) is 4.34 Å². The van der Waals surface area contributed by atoms with Gasteiger partial charge in [-0.25, -0.2) is 0 Å². The molecule has 1 aliphatic rings. The summed E-state index contributed by atoms with van der Waals surface area (Å²) in [5.41, 5.74) is 6.23. The number of rotatable bonds is 2. The average molecular weight is 230 g/mol. The van der Waals surface area contributed by atoms with E-state index in [2.05, 4.69) is 6.07 Å². The third-order valence-electron chi connectivity index (χ3n) is 3.08. The largest absolute Gasteiger partial charge is 0.323 e. The van der Waals surface area contributed by atoms with Crippen LogP contribution in [0.5, 0.6) is 0 Å². The standard InChI is InChI=1S/C11H16ClNS/c12-10-7-6-9(14-10)11(13)8-4-2-1-3-5-8/h6-8,11H,1-5,13H2. The van der Waals surface area contributed by atoms with Crippen molar-refractivity contribution in [1.82, 2.24) is 0 Å². The first-order valence-electron chi connectivity index (χ1n) is 5.28. The molecule has 14 heavy (non-hydrogen) atoms. The van der Waals surface area contributed by atoms with Crippen molar-refractivity contribution in [3.63, 3.8) is 0 Å². The summed E-state index contributed by atoms with van der Waals surface area (Å²) >= 11 is 7.54. The topological polar surface area (TPSA) is 26.0 Å². The zero-order chi connectivity index (χ0) is 9.97. The van der Waals surface area contributed by atoms with Crippen molar-refractivity contribution in [2.75, 3.05) is 0 Å². The highest BCUT2D eigenvalue weighted by Gasteiger charge is 2.22. The van der Waals surface area contributed by atoms with Gasteiger partial charge in [-0.1, -0.05) is 30.9 Å². The smallest absolute Gasteiger partial charge is 0.0931 e. The maximum atomic E-state index is 6.23. The van der Waals surface area contributed by atoms with Crippen LogP contribution >= 0.6 is 22.9 Å².